The van der Waals surface area contributed by atoms with Crippen LogP contribution in [0.1, 0.15) is 54.4 Å². The molecule has 4 heteroatoms. The van der Waals surface area contributed by atoms with Gasteiger partial charge in [-0.1, -0.05) is 12.1 Å². The van der Waals surface area contributed by atoms with Crippen LogP contribution < -0.4 is 5.73 Å². The van der Waals surface area contributed by atoms with Crippen molar-refractivity contribution in [3.63, 3.8) is 0 Å². The van der Waals surface area contributed by atoms with Gasteiger partial charge >= 0.3 is 0 Å². The Morgan fingerprint density at radius 2 is 1.58 bits per heavy atom. The normalized spacial score (nSPS) is 33.2. The molecule has 1 aromatic rings. The maximum atomic E-state index is 12.8. The van der Waals surface area contributed by atoms with Crippen LogP contribution in [0.15, 0.2) is 24.3 Å². The second-order valence-electron chi connectivity index (χ2n) is 8.48. The van der Waals surface area contributed by atoms with Gasteiger partial charge in [0.25, 0.3) is 5.91 Å². The van der Waals surface area contributed by atoms with Gasteiger partial charge in [0, 0.05) is 25.7 Å². The molecule has 4 aliphatic carbocycles. The minimum Gasteiger partial charge on any atom is -0.341 e. The highest BCUT2D eigenvalue weighted by Gasteiger charge is 2.51. The van der Waals surface area contributed by atoms with E-state index in [1.165, 1.54) is 38.5 Å². The first-order valence-corrected chi connectivity index (χ1v) is 9.11. The van der Waals surface area contributed by atoms with Crippen LogP contribution in [0, 0.1) is 23.2 Å². The largest absolute Gasteiger partial charge is 0.341 e. The molecule has 0 atom stereocenters. The molecule has 0 heterocycles. The Morgan fingerprint density at radius 1 is 1.08 bits per heavy atom. The van der Waals surface area contributed by atoms with E-state index in [9.17, 15) is 4.79 Å². The zero-order valence-electron chi connectivity index (χ0n) is 14.5. The molecule has 132 valence electrons. The van der Waals surface area contributed by atoms with Crippen molar-refractivity contribution in [1.29, 1.82) is 0 Å². The van der Waals surface area contributed by atoms with Crippen molar-refractivity contribution in [2.75, 3.05) is 13.6 Å². The van der Waals surface area contributed by atoms with E-state index in [-0.39, 0.29) is 18.3 Å². The number of nitrogens with zero attached hydrogens (tertiary/aromatic N) is 1. The fourth-order valence-electron chi connectivity index (χ4n) is 6.06. The summed E-state index contributed by atoms with van der Waals surface area (Å²) in [5.41, 5.74) is 7.91. The predicted molar refractivity (Wildman–Crippen MR) is 99.1 cm³/mol. The molecular weight excluding hydrogens is 320 g/mol. The number of hydrogen-bond acceptors (Lipinski definition) is 2. The van der Waals surface area contributed by atoms with Crippen LogP contribution in [-0.2, 0) is 6.54 Å². The molecular formula is C20H29ClN2O. The molecule has 4 aliphatic rings. The maximum Gasteiger partial charge on any atom is 0.253 e. The molecule has 0 aromatic heterocycles. The fraction of sp³-hybridized carbons (Fsp3) is 0.650. The topological polar surface area (TPSA) is 46.3 Å². The van der Waals surface area contributed by atoms with Crippen LogP contribution in [-0.4, -0.2) is 24.4 Å². The second kappa shape index (κ2) is 6.68. The van der Waals surface area contributed by atoms with Crippen molar-refractivity contribution in [1.82, 2.24) is 4.90 Å². The summed E-state index contributed by atoms with van der Waals surface area (Å²) < 4.78 is 0. The van der Waals surface area contributed by atoms with Crippen molar-refractivity contribution in [2.45, 2.75) is 45.1 Å². The summed E-state index contributed by atoms with van der Waals surface area (Å²) in [5, 5.41) is 0. The predicted octanol–water partition coefficient (Wildman–Crippen LogP) is 3.86. The van der Waals surface area contributed by atoms with E-state index in [0.717, 1.165) is 35.4 Å². The van der Waals surface area contributed by atoms with Gasteiger partial charge in [0.2, 0.25) is 0 Å². The lowest BCUT2D eigenvalue weighted by Crippen LogP contribution is -2.51. The highest BCUT2D eigenvalue weighted by atomic mass is 35.5. The molecule has 0 saturated heterocycles. The smallest absolute Gasteiger partial charge is 0.253 e. The maximum absolute atomic E-state index is 12.8. The average molecular weight is 349 g/mol. The summed E-state index contributed by atoms with van der Waals surface area (Å²) in [6.45, 7) is 1.46. The number of nitrogens with two attached hydrogens (primary N) is 1. The zero-order chi connectivity index (χ0) is 16.0. The van der Waals surface area contributed by atoms with Gasteiger partial charge in [-0.3, -0.25) is 4.79 Å². The molecule has 0 spiro atoms. The van der Waals surface area contributed by atoms with Crippen LogP contribution in [0.3, 0.4) is 0 Å². The first kappa shape index (κ1) is 17.8. The summed E-state index contributed by atoms with van der Waals surface area (Å²) in [6, 6.07) is 7.76. The number of amides is 1. The molecule has 24 heavy (non-hydrogen) atoms. The quantitative estimate of drug-likeness (QED) is 0.898. The van der Waals surface area contributed by atoms with E-state index in [1.807, 2.05) is 36.2 Å². The molecule has 5 rings (SSSR count). The van der Waals surface area contributed by atoms with Crippen LogP contribution in [0.4, 0.5) is 0 Å². The van der Waals surface area contributed by atoms with Crippen molar-refractivity contribution in [2.24, 2.45) is 28.9 Å². The monoisotopic (exact) mass is 348 g/mol. The Hall–Kier alpha value is -1.06. The summed E-state index contributed by atoms with van der Waals surface area (Å²) >= 11 is 0. The Kier molecular flexibility index (Phi) is 4.94. The second-order valence-corrected chi connectivity index (χ2v) is 8.48. The SMILES string of the molecule is CN(CC12CC3CC(CC(C3)C1)C2)C(=O)c1ccc(CN)cc1.Cl. The summed E-state index contributed by atoms with van der Waals surface area (Å²) in [4.78, 5) is 14.7. The Morgan fingerprint density at radius 3 is 2.04 bits per heavy atom. The molecule has 3 nitrogen and oxygen atoms in total. The third kappa shape index (κ3) is 3.21. The summed E-state index contributed by atoms with van der Waals surface area (Å²) in [7, 11) is 1.98. The molecule has 0 aliphatic heterocycles. The van der Waals surface area contributed by atoms with Crippen molar-refractivity contribution < 1.29 is 4.79 Å². The Bertz CT molecular complexity index is 563. The van der Waals surface area contributed by atoms with Gasteiger partial charge in [-0.15, -0.1) is 12.4 Å². The van der Waals surface area contributed by atoms with E-state index in [4.69, 9.17) is 5.73 Å². The summed E-state index contributed by atoms with van der Waals surface area (Å²) in [6.07, 6.45) is 8.42. The molecule has 0 unspecified atom stereocenters. The minimum absolute atomic E-state index is 0. The molecule has 2 N–H and O–H groups in total. The van der Waals surface area contributed by atoms with Crippen molar-refractivity contribution in [3.05, 3.63) is 35.4 Å². The molecule has 4 bridgehead atoms. The lowest BCUT2D eigenvalue weighted by molar-refractivity contribution is -0.0629. The number of carbonyl (C=O) groups excluding carboxylic acids is 1. The van der Waals surface area contributed by atoms with Gasteiger partial charge in [0.1, 0.15) is 0 Å². The first-order chi connectivity index (χ1) is 11.1. The van der Waals surface area contributed by atoms with E-state index in [2.05, 4.69) is 0 Å². The van der Waals surface area contributed by atoms with E-state index in [1.54, 1.807) is 0 Å². The van der Waals surface area contributed by atoms with Gasteiger partial charge in [0.15, 0.2) is 0 Å². The van der Waals surface area contributed by atoms with Gasteiger partial charge in [0.05, 0.1) is 0 Å². The lowest BCUT2D eigenvalue weighted by atomic mass is 9.49. The van der Waals surface area contributed by atoms with E-state index in [0.29, 0.717) is 12.0 Å². The van der Waals surface area contributed by atoms with Gasteiger partial charge in [-0.05, 0) is 79.4 Å². The third-order valence-corrected chi connectivity index (χ3v) is 6.52. The number of halogens is 1. The Balaban J connectivity index is 0.00000169. The zero-order valence-corrected chi connectivity index (χ0v) is 15.4. The molecule has 4 saturated carbocycles. The third-order valence-electron chi connectivity index (χ3n) is 6.52. The minimum atomic E-state index is 0. The number of rotatable bonds is 4. The van der Waals surface area contributed by atoms with E-state index >= 15 is 0 Å². The molecule has 4 fully saturated rings. The highest BCUT2D eigenvalue weighted by molar-refractivity contribution is 5.94. The number of benzene rings is 1. The molecule has 1 aromatic carbocycles. The van der Waals surface area contributed by atoms with E-state index < -0.39 is 0 Å². The standard InChI is InChI=1S/C20H28N2O.ClH/c1-22(19(23)18-4-2-14(12-21)3-5-18)13-20-9-15-6-16(10-20)8-17(7-15)11-20;/h2-5,15-17H,6-13,21H2,1H3;1H. The molecule has 1 amide bonds. The number of hydrogen-bond donors (Lipinski definition) is 1. The highest BCUT2D eigenvalue weighted by Crippen LogP contribution is 2.60. The van der Waals surface area contributed by atoms with Gasteiger partial charge in [-0.2, -0.15) is 0 Å². The van der Waals surface area contributed by atoms with Gasteiger partial charge in [-0.25, -0.2) is 0 Å². The van der Waals surface area contributed by atoms with Gasteiger partial charge < -0.3 is 10.6 Å². The van der Waals surface area contributed by atoms with Crippen LogP contribution in [0.5, 0.6) is 0 Å². The van der Waals surface area contributed by atoms with Crippen LogP contribution in [0.25, 0.3) is 0 Å². The van der Waals surface area contributed by atoms with Crippen LogP contribution in [0.2, 0.25) is 0 Å². The first-order valence-electron chi connectivity index (χ1n) is 9.11. The summed E-state index contributed by atoms with van der Waals surface area (Å²) in [5.74, 6) is 2.97. The van der Waals surface area contributed by atoms with Crippen molar-refractivity contribution in [3.8, 4) is 0 Å². The molecule has 0 radical (unpaired) electrons. The number of carbonyl (C=O) groups is 1. The lowest BCUT2D eigenvalue weighted by Gasteiger charge is -2.57. The van der Waals surface area contributed by atoms with Crippen LogP contribution >= 0.6 is 12.4 Å². The van der Waals surface area contributed by atoms with Crippen molar-refractivity contribution >= 4 is 18.3 Å². The average Bonchev–Trinajstić information content (AvgIpc) is 2.52. The fourth-order valence-corrected chi connectivity index (χ4v) is 6.06. The Labute approximate surface area is 151 Å².